The first-order valence-corrected chi connectivity index (χ1v) is 5.52. The molecule has 1 aromatic carbocycles. The Morgan fingerprint density at radius 2 is 2.24 bits per heavy atom. The van der Waals surface area contributed by atoms with Gasteiger partial charge in [-0.3, -0.25) is 10.1 Å². The lowest BCUT2D eigenvalue weighted by Gasteiger charge is -2.04. The first-order chi connectivity index (χ1) is 8.06. The molecule has 0 spiro atoms. The van der Waals surface area contributed by atoms with Crippen LogP contribution in [0.5, 0.6) is 0 Å². The molecule has 0 aliphatic rings. The molecule has 88 valence electrons. The van der Waals surface area contributed by atoms with Crippen molar-refractivity contribution in [1.29, 1.82) is 0 Å². The molecule has 2 aromatic rings. The van der Waals surface area contributed by atoms with Crippen molar-refractivity contribution in [3.8, 4) is 0 Å². The van der Waals surface area contributed by atoms with Crippen molar-refractivity contribution >= 4 is 33.5 Å². The monoisotopic (exact) mass is 296 g/mol. The zero-order valence-corrected chi connectivity index (χ0v) is 10.5. The predicted octanol–water partition coefficient (Wildman–Crippen LogP) is 1.98. The summed E-state index contributed by atoms with van der Waals surface area (Å²) in [5.41, 5.74) is 6.44. The van der Waals surface area contributed by atoms with Gasteiger partial charge in [0.2, 0.25) is 5.89 Å². The molecule has 0 radical (unpaired) electrons. The Labute approximate surface area is 105 Å². The van der Waals surface area contributed by atoms with E-state index in [1.165, 1.54) is 0 Å². The van der Waals surface area contributed by atoms with Gasteiger partial charge in [0.25, 0.3) is 5.91 Å². The van der Waals surface area contributed by atoms with E-state index in [4.69, 9.17) is 10.2 Å². The van der Waals surface area contributed by atoms with Crippen LogP contribution in [0.25, 0.3) is 0 Å². The highest BCUT2D eigenvalue weighted by molar-refractivity contribution is 9.10. The van der Waals surface area contributed by atoms with Crippen molar-refractivity contribution in [2.24, 2.45) is 0 Å². The average Bonchev–Trinajstić information content (AvgIpc) is 2.63. The summed E-state index contributed by atoms with van der Waals surface area (Å²) < 4.78 is 5.84. The minimum absolute atomic E-state index is 0.0508. The molecule has 0 aliphatic carbocycles. The van der Waals surface area contributed by atoms with Crippen LogP contribution in [0.4, 0.5) is 11.7 Å². The zero-order chi connectivity index (χ0) is 12.4. The molecule has 0 saturated carbocycles. The minimum atomic E-state index is -0.390. The van der Waals surface area contributed by atoms with Gasteiger partial charge in [-0.2, -0.15) is 0 Å². The number of nitrogens with zero attached hydrogens (tertiary/aromatic N) is 2. The molecule has 2 rings (SSSR count). The molecule has 0 unspecified atom stereocenters. The van der Waals surface area contributed by atoms with Gasteiger partial charge in [0.05, 0.1) is 5.56 Å². The summed E-state index contributed by atoms with van der Waals surface area (Å²) in [6.07, 6.45) is 0. The number of carbonyl (C=O) groups is 1. The number of hydrogen-bond acceptors (Lipinski definition) is 5. The third kappa shape index (κ3) is 2.62. The Bertz CT molecular complexity index is 567. The van der Waals surface area contributed by atoms with Crippen molar-refractivity contribution in [3.05, 3.63) is 34.1 Å². The number of anilines is 2. The Morgan fingerprint density at radius 3 is 2.82 bits per heavy atom. The second-order valence-electron chi connectivity index (χ2n) is 3.31. The molecule has 7 heteroatoms. The number of carbonyl (C=O) groups excluding carboxylic acids is 1. The van der Waals surface area contributed by atoms with E-state index in [0.29, 0.717) is 17.1 Å². The molecule has 0 atom stereocenters. The molecule has 1 aromatic heterocycles. The first kappa shape index (κ1) is 11.6. The Kier molecular flexibility index (Phi) is 3.10. The van der Waals surface area contributed by atoms with Gasteiger partial charge in [-0.15, -0.1) is 5.10 Å². The molecule has 1 amide bonds. The maximum Gasteiger partial charge on any atom is 0.322 e. The molecule has 6 nitrogen and oxygen atoms in total. The third-order valence-electron chi connectivity index (χ3n) is 2.00. The fraction of sp³-hybridized carbons (Fsp3) is 0.100. The van der Waals surface area contributed by atoms with Crippen LogP contribution < -0.4 is 11.1 Å². The van der Waals surface area contributed by atoms with Gasteiger partial charge in [-0.05, 0) is 18.2 Å². The molecule has 0 aliphatic heterocycles. The summed E-state index contributed by atoms with van der Waals surface area (Å²) in [7, 11) is 0. The van der Waals surface area contributed by atoms with Gasteiger partial charge in [0.15, 0.2) is 0 Å². The number of benzene rings is 1. The van der Waals surface area contributed by atoms with Crippen molar-refractivity contribution < 1.29 is 9.21 Å². The number of halogens is 1. The number of hydrogen-bond donors (Lipinski definition) is 2. The van der Waals surface area contributed by atoms with Crippen LogP contribution in [0.2, 0.25) is 0 Å². The minimum Gasteiger partial charge on any atom is -0.408 e. The standard InChI is InChI=1S/C10H9BrN4O2/c1-5-14-15-10(17-5)13-9(16)7-3-2-6(11)4-8(7)12/h2-4H,12H2,1H3,(H,13,15,16). The van der Waals surface area contributed by atoms with Gasteiger partial charge in [0, 0.05) is 17.1 Å². The van der Waals surface area contributed by atoms with Gasteiger partial charge < -0.3 is 10.2 Å². The lowest BCUT2D eigenvalue weighted by atomic mass is 10.2. The van der Waals surface area contributed by atoms with Gasteiger partial charge in [-0.1, -0.05) is 21.0 Å². The van der Waals surface area contributed by atoms with E-state index in [0.717, 1.165) is 4.47 Å². The third-order valence-corrected chi connectivity index (χ3v) is 2.50. The Morgan fingerprint density at radius 1 is 1.47 bits per heavy atom. The van der Waals surface area contributed by atoms with E-state index in [1.54, 1.807) is 25.1 Å². The molecule has 0 fully saturated rings. The van der Waals surface area contributed by atoms with E-state index >= 15 is 0 Å². The first-order valence-electron chi connectivity index (χ1n) is 4.73. The maximum absolute atomic E-state index is 11.8. The number of nitrogen functional groups attached to an aromatic ring is 1. The van der Waals surface area contributed by atoms with Crippen LogP contribution in [0.1, 0.15) is 16.2 Å². The lowest BCUT2D eigenvalue weighted by Crippen LogP contribution is -2.14. The number of aryl methyl sites for hydroxylation is 1. The highest BCUT2D eigenvalue weighted by Gasteiger charge is 2.13. The number of amides is 1. The Balaban J connectivity index is 2.20. The summed E-state index contributed by atoms with van der Waals surface area (Å²) in [5.74, 6) is -0.0114. The average molecular weight is 297 g/mol. The van der Waals surface area contributed by atoms with Crippen molar-refractivity contribution in [2.75, 3.05) is 11.1 Å². The lowest BCUT2D eigenvalue weighted by molar-refractivity contribution is 0.102. The quantitative estimate of drug-likeness (QED) is 0.826. The predicted molar refractivity (Wildman–Crippen MR) is 65.5 cm³/mol. The summed E-state index contributed by atoms with van der Waals surface area (Å²) in [6.45, 7) is 1.64. The largest absolute Gasteiger partial charge is 0.408 e. The van der Waals surface area contributed by atoms with Crippen LogP contribution in [0.3, 0.4) is 0 Å². The van der Waals surface area contributed by atoms with E-state index < -0.39 is 5.91 Å². The molecular weight excluding hydrogens is 288 g/mol. The van der Waals surface area contributed by atoms with Crippen LogP contribution in [-0.4, -0.2) is 16.1 Å². The molecule has 3 N–H and O–H groups in total. The van der Waals surface area contributed by atoms with E-state index in [-0.39, 0.29) is 6.01 Å². The van der Waals surface area contributed by atoms with Crippen LogP contribution >= 0.6 is 15.9 Å². The highest BCUT2D eigenvalue weighted by Crippen LogP contribution is 2.19. The molecule has 0 bridgehead atoms. The normalized spacial score (nSPS) is 10.2. The maximum atomic E-state index is 11.8. The second-order valence-corrected chi connectivity index (χ2v) is 4.23. The fourth-order valence-electron chi connectivity index (χ4n) is 1.25. The van der Waals surface area contributed by atoms with E-state index in [9.17, 15) is 4.79 Å². The topological polar surface area (TPSA) is 94.0 Å². The number of nitrogens with two attached hydrogens (primary N) is 1. The van der Waals surface area contributed by atoms with Crippen molar-refractivity contribution in [1.82, 2.24) is 10.2 Å². The second kappa shape index (κ2) is 4.54. The smallest absolute Gasteiger partial charge is 0.322 e. The Hall–Kier alpha value is -1.89. The number of nitrogens with one attached hydrogen (secondary N) is 1. The van der Waals surface area contributed by atoms with Crippen LogP contribution in [0, 0.1) is 6.92 Å². The summed E-state index contributed by atoms with van der Waals surface area (Å²) >= 11 is 3.26. The zero-order valence-electron chi connectivity index (χ0n) is 8.90. The number of rotatable bonds is 2. The molecule has 17 heavy (non-hydrogen) atoms. The SMILES string of the molecule is Cc1nnc(NC(=O)c2ccc(Br)cc2N)o1. The summed E-state index contributed by atoms with van der Waals surface area (Å²) in [4.78, 5) is 11.8. The number of aromatic nitrogens is 2. The van der Waals surface area contributed by atoms with E-state index in [1.807, 2.05) is 0 Å². The molecule has 0 saturated heterocycles. The van der Waals surface area contributed by atoms with Crippen molar-refractivity contribution in [2.45, 2.75) is 6.92 Å². The summed E-state index contributed by atoms with van der Waals surface area (Å²) in [6, 6.07) is 5.03. The highest BCUT2D eigenvalue weighted by atomic mass is 79.9. The molecular formula is C10H9BrN4O2. The van der Waals surface area contributed by atoms with Gasteiger partial charge >= 0.3 is 6.01 Å². The van der Waals surface area contributed by atoms with Gasteiger partial charge in [-0.25, -0.2) is 0 Å². The molecule has 1 heterocycles. The van der Waals surface area contributed by atoms with Crippen LogP contribution in [-0.2, 0) is 0 Å². The van der Waals surface area contributed by atoms with Crippen molar-refractivity contribution in [3.63, 3.8) is 0 Å². The van der Waals surface area contributed by atoms with E-state index in [2.05, 4.69) is 31.4 Å². The summed E-state index contributed by atoms with van der Waals surface area (Å²) in [5, 5.41) is 9.72. The van der Waals surface area contributed by atoms with Crippen LogP contribution in [0.15, 0.2) is 27.1 Å². The van der Waals surface area contributed by atoms with Gasteiger partial charge in [0.1, 0.15) is 0 Å². The fourth-order valence-corrected chi connectivity index (χ4v) is 1.63.